The van der Waals surface area contributed by atoms with E-state index in [4.69, 9.17) is 0 Å². The van der Waals surface area contributed by atoms with Crippen LogP contribution in [0.25, 0.3) is 0 Å². The van der Waals surface area contributed by atoms with Crippen molar-refractivity contribution in [2.45, 2.75) is 17.9 Å². The molecule has 1 unspecified atom stereocenters. The van der Waals surface area contributed by atoms with E-state index in [0.717, 1.165) is 17.7 Å². The maximum Gasteiger partial charge on any atom is 0.289 e. The third kappa shape index (κ3) is 3.50. The lowest BCUT2D eigenvalue weighted by Crippen LogP contribution is -2.29. The van der Waals surface area contributed by atoms with Crippen molar-refractivity contribution >= 4 is 27.0 Å². The molecule has 1 aromatic heterocycles. The summed E-state index contributed by atoms with van der Waals surface area (Å²) in [7, 11) is -4.08. The highest BCUT2D eigenvalue weighted by atomic mass is 32.2. The lowest BCUT2D eigenvalue weighted by atomic mass is 10.2. The maximum atomic E-state index is 12.2. The number of nitro groups is 1. The Hall–Kier alpha value is -1.81. The minimum absolute atomic E-state index is 0.254. The number of thiophene rings is 1. The highest BCUT2D eigenvalue weighted by molar-refractivity contribution is 7.89. The second-order valence-corrected chi connectivity index (χ2v) is 7.24. The minimum Gasteiger partial charge on any atom is -0.386 e. The van der Waals surface area contributed by atoms with E-state index in [2.05, 4.69) is 4.72 Å². The largest absolute Gasteiger partial charge is 0.386 e. The van der Waals surface area contributed by atoms with Gasteiger partial charge in [0.05, 0.1) is 4.92 Å². The Bertz CT molecular complexity index is 785. The zero-order chi connectivity index (χ0) is 16.3. The van der Waals surface area contributed by atoms with Gasteiger partial charge in [0.25, 0.3) is 5.69 Å². The standard InChI is InChI=1S/C13H14N2O5S2/c1-9-6-7-21-13(9)11(16)8-14-22(19,20)12-5-3-2-4-10(12)15(17)18/h2-7,11,14,16H,8H2,1H3. The summed E-state index contributed by atoms with van der Waals surface area (Å²) < 4.78 is 26.6. The number of hydrogen-bond donors (Lipinski definition) is 2. The maximum absolute atomic E-state index is 12.2. The number of para-hydroxylation sites is 1. The minimum atomic E-state index is -4.08. The van der Waals surface area contributed by atoms with Crippen molar-refractivity contribution in [3.05, 3.63) is 56.3 Å². The second kappa shape index (κ2) is 6.53. The van der Waals surface area contributed by atoms with E-state index >= 15 is 0 Å². The van der Waals surface area contributed by atoms with Crippen LogP contribution in [0.4, 0.5) is 5.69 Å². The molecule has 2 aromatic rings. The summed E-state index contributed by atoms with van der Waals surface area (Å²) in [5.41, 5.74) is 0.360. The first kappa shape index (κ1) is 16.6. The van der Waals surface area contributed by atoms with Gasteiger partial charge < -0.3 is 5.11 Å². The number of rotatable bonds is 6. The molecular weight excluding hydrogens is 328 g/mol. The highest BCUT2D eigenvalue weighted by Crippen LogP contribution is 2.25. The van der Waals surface area contributed by atoms with E-state index in [1.165, 1.54) is 23.5 Å². The van der Waals surface area contributed by atoms with Gasteiger partial charge in [0.2, 0.25) is 10.0 Å². The summed E-state index contributed by atoms with van der Waals surface area (Å²) in [6.45, 7) is 1.56. The van der Waals surface area contributed by atoms with Gasteiger partial charge in [-0.05, 0) is 30.0 Å². The Balaban J connectivity index is 2.19. The Morgan fingerprint density at radius 3 is 2.64 bits per heavy atom. The lowest BCUT2D eigenvalue weighted by molar-refractivity contribution is -0.387. The van der Waals surface area contributed by atoms with Crippen molar-refractivity contribution in [2.24, 2.45) is 0 Å². The van der Waals surface area contributed by atoms with Crippen LogP contribution >= 0.6 is 11.3 Å². The van der Waals surface area contributed by atoms with Crippen LogP contribution in [-0.2, 0) is 10.0 Å². The first-order valence-electron chi connectivity index (χ1n) is 6.28. The van der Waals surface area contributed by atoms with Crippen LogP contribution in [0.2, 0.25) is 0 Å². The van der Waals surface area contributed by atoms with Crippen LogP contribution in [0.3, 0.4) is 0 Å². The Morgan fingerprint density at radius 1 is 1.36 bits per heavy atom. The normalized spacial score (nSPS) is 13.0. The average Bonchev–Trinajstić information content (AvgIpc) is 2.91. The zero-order valence-electron chi connectivity index (χ0n) is 11.6. The van der Waals surface area contributed by atoms with Gasteiger partial charge >= 0.3 is 0 Å². The highest BCUT2D eigenvalue weighted by Gasteiger charge is 2.26. The molecule has 1 atom stereocenters. The average molecular weight is 342 g/mol. The van der Waals surface area contributed by atoms with Crippen LogP contribution in [0.15, 0.2) is 40.6 Å². The van der Waals surface area contributed by atoms with Crippen LogP contribution in [0.5, 0.6) is 0 Å². The number of nitro benzene ring substituents is 1. The molecule has 1 heterocycles. The fourth-order valence-corrected chi connectivity index (χ4v) is 4.04. The van der Waals surface area contributed by atoms with Crippen LogP contribution in [0.1, 0.15) is 16.5 Å². The van der Waals surface area contributed by atoms with Gasteiger partial charge in [-0.2, -0.15) is 0 Å². The van der Waals surface area contributed by atoms with Gasteiger partial charge in [-0.25, -0.2) is 13.1 Å². The van der Waals surface area contributed by atoms with Crippen molar-refractivity contribution in [3.8, 4) is 0 Å². The van der Waals surface area contributed by atoms with E-state index in [9.17, 15) is 23.6 Å². The molecule has 0 aliphatic carbocycles. The van der Waals surface area contributed by atoms with E-state index < -0.39 is 31.6 Å². The molecule has 0 bridgehead atoms. The molecule has 2 N–H and O–H groups in total. The van der Waals surface area contributed by atoms with E-state index in [1.54, 1.807) is 5.38 Å². The molecule has 0 aliphatic rings. The predicted octanol–water partition coefficient (Wildman–Crippen LogP) is 1.98. The number of benzene rings is 1. The summed E-state index contributed by atoms with van der Waals surface area (Å²) in [4.78, 5) is 10.4. The molecule has 2 rings (SSSR count). The molecule has 0 amide bonds. The smallest absolute Gasteiger partial charge is 0.289 e. The number of nitrogens with one attached hydrogen (secondary N) is 1. The van der Waals surface area contributed by atoms with Crippen molar-refractivity contribution in [3.63, 3.8) is 0 Å². The van der Waals surface area contributed by atoms with Crippen molar-refractivity contribution in [1.29, 1.82) is 0 Å². The van der Waals surface area contributed by atoms with E-state index in [-0.39, 0.29) is 6.54 Å². The van der Waals surface area contributed by atoms with Gasteiger partial charge in [0, 0.05) is 17.5 Å². The monoisotopic (exact) mass is 342 g/mol. The fraction of sp³-hybridized carbons (Fsp3) is 0.231. The molecular formula is C13H14N2O5S2. The fourth-order valence-electron chi connectivity index (χ4n) is 1.92. The van der Waals surface area contributed by atoms with Crippen LogP contribution in [-0.4, -0.2) is 25.0 Å². The number of sulfonamides is 1. The molecule has 0 radical (unpaired) electrons. The number of hydrogen-bond acceptors (Lipinski definition) is 6. The summed E-state index contributed by atoms with van der Waals surface area (Å²) in [5.74, 6) is 0. The number of aliphatic hydroxyl groups is 1. The molecule has 0 saturated heterocycles. The van der Waals surface area contributed by atoms with E-state index in [1.807, 2.05) is 13.0 Å². The summed E-state index contributed by atoms with van der Waals surface area (Å²) in [5, 5.41) is 22.7. The van der Waals surface area contributed by atoms with Crippen molar-refractivity contribution in [1.82, 2.24) is 4.72 Å². The topological polar surface area (TPSA) is 110 Å². The molecule has 1 aromatic carbocycles. The third-order valence-electron chi connectivity index (χ3n) is 3.02. The molecule has 0 saturated carbocycles. The van der Waals surface area contributed by atoms with E-state index in [0.29, 0.717) is 4.88 Å². The second-order valence-electron chi connectivity index (χ2n) is 4.56. The summed E-state index contributed by atoms with van der Waals surface area (Å²) in [6.07, 6.45) is -1.00. The molecule has 0 fully saturated rings. The Morgan fingerprint density at radius 2 is 2.05 bits per heavy atom. The van der Waals surface area contributed by atoms with Gasteiger partial charge in [-0.3, -0.25) is 10.1 Å². The van der Waals surface area contributed by atoms with Gasteiger partial charge in [0.1, 0.15) is 6.10 Å². The van der Waals surface area contributed by atoms with Crippen LogP contribution < -0.4 is 4.72 Å². The zero-order valence-corrected chi connectivity index (χ0v) is 13.2. The quantitative estimate of drug-likeness (QED) is 0.616. The van der Waals surface area contributed by atoms with Crippen molar-refractivity contribution in [2.75, 3.05) is 6.54 Å². The van der Waals surface area contributed by atoms with Gasteiger partial charge in [-0.15, -0.1) is 11.3 Å². The Labute approximate surface area is 131 Å². The number of aliphatic hydroxyl groups excluding tert-OH is 1. The number of aryl methyl sites for hydroxylation is 1. The predicted molar refractivity (Wildman–Crippen MR) is 82.3 cm³/mol. The first-order valence-corrected chi connectivity index (χ1v) is 8.64. The van der Waals surface area contributed by atoms with Crippen LogP contribution in [0, 0.1) is 17.0 Å². The number of nitrogens with zero attached hydrogens (tertiary/aromatic N) is 1. The molecule has 0 spiro atoms. The molecule has 7 nitrogen and oxygen atoms in total. The SMILES string of the molecule is Cc1ccsc1C(O)CNS(=O)(=O)c1ccccc1[N+](=O)[O-]. The molecule has 22 heavy (non-hydrogen) atoms. The van der Waals surface area contributed by atoms with Gasteiger partial charge in [-0.1, -0.05) is 12.1 Å². The first-order chi connectivity index (χ1) is 10.3. The third-order valence-corrected chi connectivity index (χ3v) is 5.61. The lowest BCUT2D eigenvalue weighted by Gasteiger charge is -2.12. The Kier molecular flexibility index (Phi) is 4.91. The molecule has 9 heteroatoms. The molecule has 118 valence electrons. The summed E-state index contributed by atoms with van der Waals surface area (Å²) in [6, 6.07) is 6.89. The van der Waals surface area contributed by atoms with Crippen molar-refractivity contribution < 1.29 is 18.4 Å². The van der Waals surface area contributed by atoms with Gasteiger partial charge in [0.15, 0.2) is 4.90 Å². The summed E-state index contributed by atoms with van der Waals surface area (Å²) >= 11 is 1.32. The molecule has 0 aliphatic heterocycles.